The van der Waals surface area contributed by atoms with Crippen LogP contribution in [0.4, 0.5) is 0 Å². The number of hydrogen-bond donors (Lipinski definition) is 1. The predicted molar refractivity (Wildman–Crippen MR) is 119 cm³/mol. The first-order valence-corrected chi connectivity index (χ1v) is 8.96. The topological polar surface area (TPSA) is 53.7 Å². The van der Waals surface area contributed by atoms with Crippen molar-refractivity contribution in [1.29, 1.82) is 0 Å². The Balaban J connectivity index is 0.00000338. The average Bonchev–Trinajstić information content (AvgIpc) is 2.92. The monoisotopic (exact) mass is 490 g/mol. The second kappa shape index (κ2) is 10.8. The van der Waals surface area contributed by atoms with Crippen molar-refractivity contribution in [3.8, 4) is 0 Å². The number of guanidine groups is 1. The Hall–Kier alpha value is -1.28. The van der Waals surface area contributed by atoms with E-state index in [0.717, 1.165) is 41.1 Å². The van der Waals surface area contributed by atoms with Gasteiger partial charge >= 0.3 is 0 Å². The van der Waals surface area contributed by atoms with E-state index < -0.39 is 0 Å². The number of nitrogens with zero attached hydrogens (tertiary/aromatic N) is 3. The molecule has 0 saturated heterocycles. The summed E-state index contributed by atoms with van der Waals surface area (Å²) in [6.45, 7) is 10.4. The molecule has 0 spiro atoms. The summed E-state index contributed by atoms with van der Waals surface area (Å²) in [6.07, 6.45) is 0. The molecule has 5 nitrogen and oxygen atoms in total. The highest BCUT2D eigenvalue weighted by Crippen LogP contribution is 2.23. The van der Waals surface area contributed by atoms with Crippen molar-refractivity contribution < 1.29 is 4.52 Å². The van der Waals surface area contributed by atoms with Crippen LogP contribution in [0.5, 0.6) is 0 Å². The van der Waals surface area contributed by atoms with Crippen LogP contribution in [0.1, 0.15) is 42.3 Å². The second-order valence-electron chi connectivity index (χ2n) is 6.32. The predicted octanol–water partition coefficient (Wildman–Crippen LogP) is 4.76. The van der Waals surface area contributed by atoms with E-state index in [2.05, 4.69) is 29.2 Å². The van der Waals surface area contributed by atoms with E-state index >= 15 is 0 Å². The van der Waals surface area contributed by atoms with E-state index in [0.29, 0.717) is 6.54 Å². The molecule has 7 heteroatoms. The molecule has 1 unspecified atom stereocenters. The summed E-state index contributed by atoms with van der Waals surface area (Å²) in [4.78, 5) is 6.92. The van der Waals surface area contributed by atoms with Crippen LogP contribution < -0.4 is 5.32 Å². The number of aryl methyl sites for hydroxylation is 2. The average molecular weight is 491 g/mol. The maximum atomic E-state index is 5.96. The van der Waals surface area contributed by atoms with Gasteiger partial charge in [0.2, 0.25) is 0 Å². The van der Waals surface area contributed by atoms with E-state index in [9.17, 15) is 0 Å². The number of nitrogens with one attached hydrogen (secondary N) is 1. The standard InChI is InChI=1S/C19H27ClN4O.HI/c1-6-21-19(24(5)12-16-7-9-17(20)10-8-16)22-11-13(2)18-14(3)23-25-15(18)4;/h7-10,13H,6,11-12H2,1-5H3,(H,21,22);1H. The summed E-state index contributed by atoms with van der Waals surface area (Å²) < 4.78 is 5.27. The van der Waals surface area contributed by atoms with Gasteiger partial charge in [-0.3, -0.25) is 4.99 Å². The summed E-state index contributed by atoms with van der Waals surface area (Å²) in [6, 6.07) is 7.90. The molecule has 2 rings (SSSR count). The zero-order chi connectivity index (χ0) is 18.4. The van der Waals surface area contributed by atoms with Crippen molar-refractivity contribution in [3.63, 3.8) is 0 Å². The van der Waals surface area contributed by atoms with Gasteiger partial charge in [0, 0.05) is 43.2 Å². The highest BCUT2D eigenvalue weighted by Gasteiger charge is 2.16. The normalized spacial score (nSPS) is 12.5. The van der Waals surface area contributed by atoms with Crippen molar-refractivity contribution in [2.24, 2.45) is 4.99 Å². The summed E-state index contributed by atoms with van der Waals surface area (Å²) in [7, 11) is 2.04. The van der Waals surface area contributed by atoms with Crippen molar-refractivity contribution in [2.75, 3.05) is 20.1 Å². The Kier molecular flexibility index (Phi) is 9.43. The third-order valence-corrected chi connectivity index (χ3v) is 4.38. The van der Waals surface area contributed by atoms with Gasteiger partial charge in [-0.2, -0.15) is 0 Å². The molecule has 1 aromatic heterocycles. The Morgan fingerprint density at radius 2 is 1.96 bits per heavy atom. The van der Waals surface area contributed by atoms with E-state index in [-0.39, 0.29) is 29.9 Å². The first-order chi connectivity index (χ1) is 11.9. The lowest BCUT2D eigenvalue weighted by Crippen LogP contribution is -2.38. The number of benzene rings is 1. The Morgan fingerprint density at radius 1 is 1.31 bits per heavy atom. The molecule has 0 bridgehead atoms. The number of rotatable bonds is 6. The molecule has 2 aromatic rings. The van der Waals surface area contributed by atoms with Crippen LogP contribution in [0.15, 0.2) is 33.8 Å². The number of aromatic nitrogens is 1. The molecule has 0 saturated carbocycles. The lowest BCUT2D eigenvalue weighted by atomic mass is 10.00. The van der Waals surface area contributed by atoms with Crippen molar-refractivity contribution in [1.82, 2.24) is 15.4 Å². The fourth-order valence-electron chi connectivity index (χ4n) is 2.92. The van der Waals surface area contributed by atoms with Crippen LogP contribution in [-0.4, -0.2) is 36.2 Å². The van der Waals surface area contributed by atoms with Gasteiger partial charge in [0.15, 0.2) is 5.96 Å². The molecule has 0 radical (unpaired) electrons. The molecular weight excluding hydrogens is 463 g/mol. The van der Waals surface area contributed by atoms with Gasteiger partial charge in [0.25, 0.3) is 0 Å². The third kappa shape index (κ3) is 6.16. The molecule has 1 aromatic carbocycles. The summed E-state index contributed by atoms with van der Waals surface area (Å²) in [5.41, 5.74) is 3.29. The maximum Gasteiger partial charge on any atom is 0.193 e. The van der Waals surface area contributed by atoms with E-state index in [4.69, 9.17) is 21.1 Å². The molecule has 0 fully saturated rings. The summed E-state index contributed by atoms with van der Waals surface area (Å²) in [5, 5.41) is 8.14. The third-order valence-electron chi connectivity index (χ3n) is 4.13. The van der Waals surface area contributed by atoms with E-state index in [1.165, 1.54) is 5.56 Å². The van der Waals surface area contributed by atoms with Crippen LogP contribution in [-0.2, 0) is 6.54 Å². The maximum absolute atomic E-state index is 5.96. The SMILES string of the molecule is CCNC(=NCC(C)c1c(C)noc1C)N(C)Cc1ccc(Cl)cc1.I. The van der Waals surface area contributed by atoms with E-state index in [1.807, 2.05) is 45.2 Å². The molecule has 0 aliphatic heterocycles. The number of hydrogen-bond acceptors (Lipinski definition) is 3. The van der Waals surface area contributed by atoms with Gasteiger partial charge in [-0.1, -0.05) is 35.8 Å². The molecule has 1 N–H and O–H groups in total. The molecular formula is C19H28ClIN4O. The van der Waals surface area contributed by atoms with Gasteiger partial charge in [-0.05, 0) is 38.5 Å². The highest BCUT2D eigenvalue weighted by molar-refractivity contribution is 14.0. The lowest BCUT2D eigenvalue weighted by Gasteiger charge is -2.23. The Bertz CT molecular complexity index is 695. The quantitative estimate of drug-likeness (QED) is 0.360. The lowest BCUT2D eigenvalue weighted by molar-refractivity contribution is 0.391. The van der Waals surface area contributed by atoms with Gasteiger partial charge in [-0.15, -0.1) is 24.0 Å². The van der Waals surface area contributed by atoms with Gasteiger partial charge in [0.1, 0.15) is 5.76 Å². The molecule has 144 valence electrons. The molecule has 1 heterocycles. The zero-order valence-corrected chi connectivity index (χ0v) is 19.1. The minimum Gasteiger partial charge on any atom is -0.361 e. The van der Waals surface area contributed by atoms with Gasteiger partial charge in [0.05, 0.1) is 5.69 Å². The number of halogens is 2. The van der Waals surface area contributed by atoms with Crippen molar-refractivity contribution >= 4 is 41.5 Å². The molecule has 0 aliphatic rings. The second-order valence-corrected chi connectivity index (χ2v) is 6.75. The van der Waals surface area contributed by atoms with Crippen LogP contribution in [0.2, 0.25) is 5.02 Å². The first-order valence-electron chi connectivity index (χ1n) is 8.59. The van der Waals surface area contributed by atoms with Crippen LogP contribution in [0.3, 0.4) is 0 Å². The summed E-state index contributed by atoms with van der Waals surface area (Å²) >= 11 is 5.96. The minimum absolute atomic E-state index is 0. The smallest absolute Gasteiger partial charge is 0.193 e. The molecule has 1 atom stereocenters. The largest absolute Gasteiger partial charge is 0.361 e. The first kappa shape index (κ1) is 22.8. The fraction of sp³-hybridized carbons (Fsp3) is 0.474. The zero-order valence-electron chi connectivity index (χ0n) is 16.0. The Labute approximate surface area is 178 Å². The van der Waals surface area contributed by atoms with Gasteiger partial charge in [-0.25, -0.2) is 0 Å². The summed E-state index contributed by atoms with van der Waals surface area (Å²) in [5.74, 6) is 2.01. The van der Waals surface area contributed by atoms with Gasteiger partial charge < -0.3 is 14.7 Å². The molecule has 0 amide bonds. The van der Waals surface area contributed by atoms with E-state index in [1.54, 1.807) is 0 Å². The minimum atomic E-state index is 0. The number of aliphatic imine (C=N–C) groups is 1. The highest BCUT2D eigenvalue weighted by atomic mass is 127. The van der Waals surface area contributed by atoms with Crippen molar-refractivity contribution in [2.45, 2.75) is 40.2 Å². The fourth-order valence-corrected chi connectivity index (χ4v) is 3.04. The van der Waals surface area contributed by atoms with Crippen molar-refractivity contribution in [3.05, 3.63) is 51.9 Å². The van der Waals surface area contributed by atoms with Crippen LogP contribution in [0.25, 0.3) is 0 Å². The van der Waals surface area contributed by atoms with Crippen LogP contribution >= 0.6 is 35.6 Å². The van der Waals surface area contributed by atoms with Crippen LogP contribution in [0, 0.1) is 13.8 Å². The molecule has 0 aliphatic carbocycles. The molecule has 26 heavy (non-hydrogen) atoms. The Morgan fingerprint density at radius 3 is 2.50 bits per heavy atom.